The van der Waals surface area contributed by atoms with Crippen molar-refractivity contribution in [3.8, 4) is 0 Å². The van der Waals surface area contributed by atoms with Gasteiger partial charge in [0.15, 0.2) is 6.20 Å². The van der Waals surface area contributed by atoms with Gasteiger partial charge in [-0.2, -0.15) is 4.73 Å². The van der Waals surface area contributed by atoms with Gasteiger partial charge in [0, 0.05) is 24.7 Å². The maximum Gasteiger partial charge on any atom is 0.407 e. The summed E-state index contributed by atoms with van der Waals surface area (Å²) < 4.78 is 5.35. The molecule has 1 aromatic heterocycles. The zero-order valence-electron chi connectivity index (χ0n) is 13.2. The third kappa shape index (κ3) is 5.99. The molecule has 0 aliphatic heterocycles. The van der Waals surface area contributed by atoms with Gasteiger partial charge in [-0.1, -0.05) is 13.8 Å². The van der Waals surface area contributed by atoms with Gasteiger partial charge in [0.2, 0.25) is 0 Å². The predicted octanol–water partition coefficient (Wildman–Crippen LogP) is 1.21. The molecule has 2 N–H and O–H groups in total. The van der Waals surface area contributed by atoms with E-state index < -0.39 is 12.0 Å². The SMILES string of the molecule is CCOC(=O)NC(CNC(=O)c1cccc[n+]1[O-])CC(C)C. The summed E-state index contributed by atoms with van der Waals surface area (Å²) in [7, 11) is 0. The van der Waals surface area contributed by atoms with Crippen molar-refractivity contribution < 1.29 is 19.1 Å². The third-order valence-electron chi connectivity index (χ3n) is 2.92. The first-order valence-corrected chi connectivity index (χ1v) is 7.33. The zero-order valence-corrected chi connectivity index (χ0v) is 13.2. The van der Waals surface area contributed by atoms with Crippen molar-refractivity contribution in [1.29, 1.82) is 0 Å². The lowest BCUT2D eigenvalue weighted by Crippen LogP contribution is -2.46. The molecule has 0 aromatic carbocycles. The summed E-state index contributed by atoms with van der Waals surface area (Å²) in [6.07, 6.45) is 1.43. The monoisotopic (exact) mass is 309 g/mol. The lowest BCUT2D eigenvalue weighted by Gasteiger charge is -2.20. The summed E-state index contributed by atoms with van der Waals surface area (Å²) in [4.78, 5) is 23.5. The van der Waals surface area contributed by atoms with Crippen LogP contribution in [0.5, 0.6) is 0 Å². The normalized spacial score (nSPS) is 11.8. The Morgan fingerprint density at radius 2 is 2.09 bits per heavy atom. The second kappa shape index (κ2) is 8.86. The highest BCUT2D eigenvalue weighted by atomic mass is 16.5. The molecule has 0 aliphatic rings. The van der Waals surface area contributed by atoms with Gasteiger partial charge in [0.25, 0.3) is 5.69 Å². The average molecular weight is 309 g/mol. The van der Waals surface area contributed by atoms with E-state index in [0.29, 0.717) is 17.1 Å². The number of pyridine rings is 1. The molecule has 0 radical (unpaired) electrons. The van der Waals surface area contributed by atoms with Crippen LogP contribution in [-0.2, 0) is 4.74 Å². The van der Waals surface area contributed by atoms with E-state index in [1.165, 1.54) is 12.3 Å². The van der Waals surface area contributed by atoms with Gasteiger partial charge in [0.1, 0.15) is 0 Å². The number of nitrogens with one attached hydrogen (secondary N) is 2. The van der Waals surface area contributed by atoms with Crippen LogP contribution in [0.2, 0.25) is 0 Å². The Morgan fingerprint density at radius 3 is 2.68 bits per heavy atom. The molecule has 122 valence electrons. The van der Waals surface area contributed by atoms with E-state index in [9.17, 15) is 14.8 Å². The molecular weight excluding hydrogens is 286 g/mol. The van der Waals surface area contributed by atoms with Crippen molar-refractivity contribution in [3.63, 3.8) is 0 Å². The van der Waals surface area contributed by atoms with Gasteiger partial charge in [-0.3, -0.25) is 4.79 Å². The molecule has 0 saturated heterocycles. The summed E-state index contributed by atoms with van der Waals surface area (Å²) in [5.74, 6) is -0.139. The summed E-state index contributed by atoms with van der Waals surface area (Å²) in [6, 6.07) is 4.35. The first-order chi connectivity index (χ1) is 10.4. The molecule has 1 heterocycles. The fraction of sp³-hybridized carbons (Fsp3) is 0.533. The number of hydrogen-bond acceptors (Lipinski definition) is 4. The topological polar surface area (TPSA) is 94.4 Å². The van der Waals surface area contributed by atoms with E-state index in [4.69, 9.17) is 4.74 Å². The van der Waals surface area contributed by atoms with E-state index in [1.807, 2.05) is 13.8 Å². The van der Waals surface area contributed by atoms with Crippen molar-refractivity contribution in [2.24, 2.45) is 5.92 Å². The molecule has 7 heteroatoms. The highest BCUT2D eigenvalue weighted by molar-refractivity contribution is 5.90. The zero-order chi connectivity index (χ0) is 16.5. The predicted molar refractivity (Wildman–Crippen MR) is 81.1 cm³/mol. The number of amides is 2. The second-order valence-electron chi connectivity index (χ2n) is 5.31. The Hall–Kier alpha value is -2.31. The van der Waals surface area contributed by atoms with Gasteiger partial charge >= 0.3 is 12.0 Å². The standard InChI is InChI=1S/C15H23N3O4/c1-4-22-15(20)17-12(9-11(2)3)10-16-14(19)13-7-5-6-8-18(13)21/h5-8,11-12H,4,9-10H2,1-3H3,(H,16,19)(H,17,20). The quantitative estimate of drug-likeness (QED) is 0.584. The van der Waals surface area contributed by atoms with Gasteiger partial charge in [-0.15, -0.1) is 0 Å². The van der Waals surface area contributed by atoms with Crippen LogP contribution < -0.4 is 15.4 Å². The maximum atomic E-state index is 12.0. The Morgan fingerprint density at radius 1 is 1.36 bits per heavy atom. The van der Waals surface area contributed by atoms with Crippen molar-refractivity contribution in [2.75, 3.05) is 13.2 Å². The number of aromatic nitrogens is 1. The van der Waals surface area contributed by atoms with Crippen LogP contribution in [0.25, 0.3) is 0 Å². The number of carbonyl (C=O) groups is 2. The fourth-order valence-corrected chi connectivity index (χ4v) is 2.01. The Balaban J connectivity index is 2.60. The van der Waals surface area contributed by atoms with Gasteiger partial charge in [0.05, 0.1) is 6.61 Å². The van der Waals surface area contributed by atoms with Crippen molar-refractivity contribution >= 4 is 12.0 Å². The number of rotatable bonds is 7. The lowest BCUT2D eigenvalue weighted by molar-refractivity contribution is -0.607. The minimum atomic E-state index is -0.513. The van der Waals surface area contributed by atoms with Crippen LogP contribution in [0.3, 0.4) is 0 Å². The van der Waals surface area contributed by atoms with Crippen LogP contribution in [0, 0.1) is 11.1 Å². The van der Waals surface area contributed by atoms with Crippen LogP contribution >= 0.6 is 0 Å². The van der Waals surface area contributed by atoms with Crippen molar-refractivity contribution in [2.45, 2.75) is 33.2 Å². The average Bonchev–Trinajstić information content (AvgIpc) is 2.44. The second-order valence-corrected chi connectivity index (χ2v) is 5.31. The van der Waals surface area contributed by atoms with Crippen LogP contribution in [0.4, 0.5) is 4.79 Å². The minimum absolute atomic E-state index is 0.0157. The van der Waals surface area contributed by atoms with E-state index in [1.54, 1.807) is 19.1 Å². The number of carbonyl (C=O) groups excluding carboxylic acids is 2. The van der Waals surface area contributed by atoms with Crippen molar-refractivity contribution in [1.82, 2.24) is 10.6 Å². The first kappa shape index (κ1) is 17.7. The molecule has 0 spiro atoms. The molecule has 0 saturated carbocycles. The van der Waals surface area contributed by atoms with Crippen LogP contribution in [-0.4, -0.2) is 31.2 Å². The molecule has 1 rings (SSSR count). The van der Waals surface area contributed by atoms with Crippen LogP contribution in [0.1, 0.15) is 37.7 Å². The van der Waals surface area contributed by atoms with E-state index in [-0.39, 0.29) is 24.9 Å². The van der Waals surface area contributed by atoms with Gasteiger partial charge in [-0.05, 0) is 25.3 Å². The maximum absolute atomic E-state index is 12.0. The smallest absolute Gasteiger partial charge is 0.407 e. The number of alkyl carbamates (subject to hydrolysis) is 1. The number of nitrogens with zero attached hydrogens (tertiary/aromatic N) is 1. The molecule has 22 heavy (non-hydrogen) atoms. The minimum Gasteiger partial charge on any atom is -0.618 e. The molecule has 1 aromatic rings. The third-order valence-corrected chi connectivity index (χ3v) is 2.92. The highest BCUT2D eigenvalue weighted by Gasteiger charge is 2.19. The molecule has 1 unspecified atom stereocenters. The van der Waals surface area contributed by atoms with Crippen LogP contribution in [0.15, 0.2) is 24.4 Å². The number of hydrogen-bond donors (Lipinski definition) is 2. The van der Waals surface area contributed by atoms with Crippen molar-refractivity contribution in [3.05, 3.63) is 35.3 Å². The summed E-state index contributed by atoms with van der Waals surface area (Å²) >= 11 is 0. The lowest BCUT2D eigenvalue weighted by atomic mass is 10.0. The summed E-state index contributed by atoms with van der Waals surface area (Å²) in [6.45, 7) is 6.27. The highest BCUT2D eigenvalue weighted by Crippen LogP contribution is 2.04. The Labute approximate surface area is 130 Å². The molecular formula is C15H23N3O4. The molecule has 0 aliphatic carbocycles. The Bertz CT molecular complexity index is 505. The molecule has 1 atom stereocenters. The molecule has 0 fully saturated rings. The largest absolute Gasteiger partial charge is 0.618 e. The van der Waals surface area contributed by atoms with E-state index >= 15 is 0 Å². The molecule has 0 bridgehead atoms. The molecule has 2 amide bonds. The van der Waals surface area contributed by atoms with Gasteiger partial charge < -0.3 is 20.6 Å². The Kier molecular flexibility index (Phi) is 7.15. The number of ether oxygens (including phenoxy) is 1. The summed E-state index contributed by atoms with van der Waals surface area (Å²) in [5.41, 5.74) is 0.0157. The first-order valence-electron chi connectivity index (χ1n) is 7.33. The summed E-state index contributed by atoms with van der Waals surface area (Å²) in [5, 5.41) is 16.9. The fourth-order valence-electron chi connectivity index (χ4n) is 2.01. The van der Waals surface area contributed by atoms with Gasteiger partial charge in [-0.25, -0.2) is 4.79 Å². The molecule has 7 nitrogen and oxygen atoms in total. The van der Waals surface area contributed by atoms with E-state index in [0.717, 1.165) is 0 Å². The van der Waals surface area contributed by atoms with E-state index in [2.05, 4.69) is 10.6 Å².